The molecule has 14 heavy (non-hydrogen) atoms. The van der Waals surface area contributed by atoms with Gasteiger partial charge in [0.05, 0.1) is 17.1 Å². The van der Waals surface area contributed by atoms with Gasteiger partial charge in [0.1, 0.15) is 12.1 Å². The van der Waals surface area contributed by atoms with Crippen molar-refractivity contribution in [2.75, 3.05) is 5.73 Å². The molecule has 0 unspecified atom stereocenters. The molecule has 5 heteroatoms. The van der Waals surface area contributed by atoms with Crippen LogP contribution in [0.25, 0.3) is 11.4 Å². The highest BCUT2D eigenvalue weighted by molar-refractivity contribution is 5.57. The molecule has 0 spiro atoms. The monoisotopic (exact) mass is 189 g/mol. The van der Waals surface area contributed by atoms with Gasteiger partial charge in [-0.3, -0.25) is 4.68 Å². The molecular formula is C9H11N5. The number of hydrogen-bond acceptors (Lipinski definition) is 4. The Morgan fingerprint density at radius 1 is 1.29 bits per heavy atom. The van der Waals surface area contributed by atoms with E-state index in [1.165, 1.54) is 6.33 Å². The Morgan fingerprint density at radius 3 is 2.64 bits per heavy atom. The third-order valence-electron chi connectivity index (χ3n) is 1.95. The van der Waals surface area contributed by atoms with Gasteiger partial charge < -0.3 is 5.73 Å². The second-order valence-corrected chi connectivity index (χ2v) is 3.12. The first-order valence-electron chi connectivity index (χ1n) is 4.25. The van der Waals surface area contributed by atoms with E-state index in [1.807, 2.05) is 20.0 Å². The van der Waals surface area contributed by atoms with E-state index in [0.29, 0.717) is 5.82 Å². The van der Waals surface area contributed by atoms with Crippen LogP contribution in [-0.2, 0) is 7.05 Å². The average Bonchev–Trinajstić information content (AvgIpc) is 2.45. The molecule has 0 radical (unpaired) electrons. The normalized spacial score (nSPS) is 10.4. The first-order valence-corrected chi connectivity index (χ1v) is 4.25. The Hall–Kier alpha value is -1.91. The van der Waals surface area contributed by atoms with Crippen molar-refractivity contribution in [1.29, 1.82) is 0 Å². The molecule has 0 atom stereocenters. The van der Waals surface area contributed by atoms with Crippen molar-refractivity contribution in [1.82, 2.24) is 19.7 Å². The number of hydrogen-bond donors (Lipinski definition) is 1. The molecule has 5 nitrogen and oxygen atoms in total. The fourth-order valence-corrected chi connectivity index (χ4v) is 1.36. The zero-order valence-corrected chi connectivity index (χ0v) is 8.10. The largest absolute Gasteiger partial charge is 0.384 e. The molecule has 2 aromatic rings. The van der Waals surface area contributed by atoms with E-state index in [0.717, 1.165) is 17.1 Å². The summed E-state index contributed by atoms with van der Waals surface area (Å²) < 4.78 is 1.77. The Labute approximate surface area is 81.6 Å². The molecule has 0 aliphatic rings. The summed E-state index contributed by atoms with van der Waals surface area (Å²) in [7, 11) is 1.88. The summed E-state index contributed by atoms with van der Waals surface area (Å²) >= 11 is 0. The highest BCUT2D eigenvalue weighted by atomic mass is 15.3. The van der Waals surface area contributed by atoms with Crippen LogP contribution in [0.1, 0.15) is 5.69 Å². The molecule has 2 heterocycles. The molecule has 0 saturated heterocycles. The summed E-state index contributed by atoms with van der Waals surface area (Å²) in [6.45, 7) is 1.94. The minimum Gasteiger partial charge on any atom is -0.384 e. The molecule has 0 saturated carbocycles. The van der Waals surface area contributed by atoms with E-state index in [-0.39, 0.29) is 0 Å². The van der Waals surface area contributed by atoms with Crippen LogP contribution in [0.3, 0.4) is 0 Å². The number of rotatable bonds is 1. The van der Waals surface area contributed by atoms with Gasteiger partial charge in [0.15, 0.2) is 0 Å². The Morgan fingerprint density at radius 2 is 2.07 bits per heavy atom. The summed E-state index contributed by atoms with van der Waals surface area (Å²) in [5.74, 6) is 0.467. The maximum absolute atomic E-state index is 5.57. The number of aryl methyl sites for hydroxylation is 2. The van der Waals surface area contributed by atoms with Crippen LogP contribution in [0.5, 0.6) is 0 Å². The molecule has 0 bridgehead atoms. The molecule has 0 aromatic carbocycles. The Balaban J connectivity index is 2.54. The molecule has 0 fully saturated rings. The molecule has 0 aliphatic carbocycles. The maximum atomic E-state index is 5.57. The van der Waals surface area contributed by atoms with Crippen molar-refractivity contribution in [3.63, 3.8) is 0 Å². The van der Waals surface area contributed by atoms with Gasteiger partial charge in [-0.2, -0.15) is 5.10 Å². The number of nitrogens with zero attached hydrogens (tertiary/aromatic N) is 4. The summed E-state index contributed by atoms with van der Waals surface area (Å²) in [5, 5.41) is 4.23. The maximum Gasteiger partial charge on any atom is 0.127 e. The van der Waals surface area contributed by atoms with Crippen molar-refractivity contribution in [3.05, 3.63) is 24.2 Å². The lowest BCUT2D eigenvalue weighted by Crippen LogP contribution is -1.97. The van der Waals surface area contributed by atoms with E-state index in [2.05, 4.69) is 15.1 Å². The van der Waals surface area contributed by atoms with Crippen LogP contribution in [0.2, 0.25) is 0 Å². The Kier molecular flexibility index (Phi) is 1.92. The van der Waals surface area contributed by atoms with Crippen LogP contribution >= 0.6 is 0 Å². The smallest absolute Gasteiger partial charge is 0.127 e. The number of nitrogens with two attached hydrogens (primary N) is 1. The molecule has 2 N–H and O–H groups in total. The van der Waals surface area contributed by atoms with Gasteiger partial charge in [-0.15, -0.1) is 0 Å². The van der Waals surface area contributed by atoms with E-state index in [1.54, 1.807) is 10.7 Å². The predicted octanol–water partition coefficient (Wildman–Crippen LogP) is 0.768. The Bertz CT molecular complexity index is 460. The highest BCUT2D eigenvalue weighted by Gasteiger charge is 2.06. The fraction of sp³-hybridized carbons (Fsp3) is 0.222. The topological polar surface area (TPSA) is 69.6 Å². The van der Waals surface area contributed by atoms with Gasteiger partial charge in [-0.1, -0.05) is 0 Å². The van der Waals surface area contributed by atoms with Gasteiger partial charge in [-0.25, -0.2) is 9.97 Å². The third kappa shape index (κ3) is 1.44. The van der Waals surface area contributed by atoms with Crippen LogP contribution in [-0.4, -0.2) is 19.7 Å². The molecule has 2 rings (SSSR count). The number of nitrogen functional groups attached to an aromatic ring is 1. The second-order valence-electron chi connectivity index (χ2n) is 3.12. The summed E-state index contributed by atoms with van der Waals surface area (Å²) in [6, 6.07) is 3.69. The van der Waals surface area contributed by atoms with Crippen molar-refractivity contribution < 1.29 is 0 Å². The zero-order valence-electron chi connectivity index (χ0n) is 8.10. The first kappa shape index (κ1) is 8.68. The van der Waals surface area contributed by atoms with Crippen molar-refractivity contribution in [2.45, 2.75) is 6.92 Å². The minimum absolute atomic E-state index is 0.467. The average molecular weight is 189 g/mol. The van der Waals surface area contributed by atoms with Gasteiger partial charge in [0.25, 0.3) is 0 Å². The quantitative estimate of drug-likeness (QED) is 0.719. The van der Waals surface area contributed by atoms with Crippen molar-refractivity contribution in [3.8, 4) is 11.4 Å². The fourth-order valence-electron chi connectivity index (χ4n) is 1.36. The lowest BCUT2D eigenvalue weighted by Gasteiger charge is -2.00. The SMILES string of the molecule is Cc1cc(-c2cc(N)ncn2)n(C)n1. The standard InChI is InChI=1S/C9H11N5/c1-6-3-8(14(2)13-6)7-4-9(10)12-5-11-7/h3-5H,1-2H3,(H2,10,11,12). The van der Waals surface area contributed by atoms with Crippen LogP contribution in [0.15, 0.2) is 18.5 Å². The summed E-state index contributed by atoms with van der Waals surface area (Å²) in [5.41, 5.74) is 8.26. The highest BCUT2D eigenvalue weighted by Crippen LogP contribution is 2.17. The van der Waals surface area contributed by atoms with Crippen LogP contribution in [0.4, 0.5) is 5.82 Å². The number of anilines is 1. The van der Waals surface area contributed by atoms with Gasteiger partial charge in [0, 0.05) is 13.1 Å². The molecule has 2 aromatic heterocycles. The summed E-state index contributed by atoms with van der Waals surface area (Å²) in [4.78, 5) is 7.97. The number of aromatic nitrogens is 4. The van der Waals surface area contributed by atoms with Crippen LogP contribution < -0.4 is 5.73 Å². The third-order valence-corrected chi connectivity index (χ3v) is 1.95. The van der Waals surface area contributed by atoms with Crippen molar-refractivity contribution >= 4 is 5.82 Å². The van der Waals surface area contributed by atoms with E-state index < -0.39 is 0 Å². The lowest BCUT2D eigenvalue weighted by atomic mass is 10.2. The van der Waals surface area contributed by atoms with Crippen LogP contribution in [0, 0.1) is 6.92 Å². The minimum atomic E-state index is 0.467. The lowest BCUT2D eigenvalue weighted by molar-refractivity contribution is 0.761. The molecule has 72 valence electrons. The van der Waals surface area contributed by atoms with E-state index >= 15 is 0 Å². The van der Waals surface area contributed by atoms with Crippen molar-refractivity contribution in [2.24, 2.45) is 7.05 Å². The van der Waals surface area contributed by atoms with Gasteiger partial charge in [-0.05, 0) is 13.0 Å². The van der Waals surface area contributed by atoms with E-state index in [4.69, 9.17) is 5.73 Å². The molecular weight excluding hydrogens is 178 g/mol. The summed E-state index contributed by atoms with van der Waals surface area (Å²) in [6.07, 6.45) is 1.45. The predicted molar refractivity (Wildman–Crippen MR) is 53.4 cm³/mol. The molecule has 0 aliphatic heterocycles. The van der Waals surface area contributed by atoms with Gasteiger partial charge in [0.2, 0.25) is 0 Å². The molecule has 0 amide bonds. The second kappa shape index (κ2) is 3.10. The van der Waals surface area contributed by atoms with Gasteiger partial charge >= 0.3 is 0 Å². The zero-order chi connectivity index (χ0) is 10.1. The first-order chi connectivity index (χ1) is 6.66. The van der Waals surface area contributed by atoms with E-state index in [9.17, 15) is 0 Å².